The number of amides is 5. The van der Waals surface area contributed by atoms with Gasteiger partial charge in [-0.3, -0.25) is 39.0 Å². The van der Waals surface area contributed by atoms with Gasteiger partial charge >= 0.3 is 0 Å². The van der Waals surface area contributed by atoms with E-state index in [9.17, 15) is 28.8 Å². The van der Waals surface area contributed by atoms with E-state index in [1.54, 1.807) is 37.5 Å². The van der Waals surface area contributed by atoms with Crippen molar-refractivity contribution in [1.82, 2.24) is 25.1 Å². The van der Waals surface area contributed by atoms with Gasteiger partial charge in [-0.15, -0.1) is 0 Å². The number of hydrogen-bond acceptors (Lipinski definition) is 8. The van der Waals surface area contributed by atoms with Gasteiger partial charge in [0.2, 0.25) is 11.8 Å². The maximum Gasteiger partial charge on any atom is 0.274 e. The Morgan fingerprint density at radius 1 is 0.830 bits per heavy atom. The lowest BCUT2D eigenvalue weighted by molar-refractivity contribution is -0.136. The molecule has 1 saturated heterocycles. The predicted octanol–water partition coefficient (Wildman–Crippen LogP) is 5.13. The molecule has 0 saturated carbocycles. The summed E-state index contributed by atoms with van der Waals surface area (Å²) >= 11 is 0. The van der Waals surface area contributed by atoms with Gasteiger partial charge in [-0.25, -0.2) is 0 Å². The summed E-state index contributed by atoms with van der Waals surface area (Å²) in [6.45, 7) is 0.994. The fourth-order valence-corrected chi connectivity index (χ4v) is 6.85. The van der Waals surface area contributed by atoms with Crippen molar-refractivity contribution >= 4 is 46.1 Å². The second-order valence-electron chi connectivity index (χ2n) is 13.1. The molecule has 7 rings (SSSR count). The summed E-state index contributed by atoms with van der Waals surface area (Å²) in [5, 5.41) is 9.03. The standard InChI is InChI=1S/C40H38N6O7/c1-45-23-28(25-14-7-8-17-32(25)53-24-12-5-4-6-13-24)27-22-30(43-35(27)40(45)52)36(48)42-21-10-3-2-9-20-41-29-16-11-15-26-34(29)39(51)46(38(26)50)31-18-19-33(47)44-37(31)49/h4-8,11-17,22-23,31,41,43H,2-3,9-10,18-21H2,1H3,(H,42,48)(H,44,47,49). The summed E-state index contributed by atoms with van der Waals surface area (Å²) in [5.74, 6) is -1.17. The molecule has 0 aliphatic carbocycles. The number of aryl methyl sites for hydroxylation is 1. The summed E-state index contributed by atoms with van der Waals surface area (Å²) in [6.07, 6.45) is 5.11. The number of aromatic nitrogens is 2. The van der Waals surface area contributed by atoms with Gasteiger partial charge in [0.15, 0.2) is 0 Å². The van der Waals surface area contributed by atoms with E-state index in [1.165, 1.54) is 4.57 Å². The number of unbranched alkanes of at least 4 members (excludes halogenated alkanes) is 3. The Balaban J connectivity index is 0.918. The summed E-state index contributed by atoms with van der Waals surface area (Å²) < 4.78 is 7.68. The van der Waals surface area contributed by atoms with Crippen LogP contribution in [0.15, 0.2) is 89.9 Å². The normalized spacial score (nSPS) is 15.4. The van der Waals surface area contributed by atoms with Crippen LogP contribution in [-0.2, 0) is 16.6 Å². The Morgan fingerprint density at radius 2 is 1.57 bits per heavy atom. The van der Waals surface area contributed by atoms with Crippen molar-refractivity contribution in [3.05, 3.63) is 112 Å². The first-order chi connectivity index (χ1) is 25.7. The molecule has 0 spiro atoms. The third-order valence-corrected chi connectivity index (χ3v) is 9.53. The number of hydrogen-bond donors (Lipinski definition) is 4. The van der Waals surface area contributed by atoms with Crippen molar-refractivity contribution in [2.75, 3.05) is 18.4 Å². The number of ether oxygens (including phenoxy) is 1. The second-order valence-corrected chi connectivity index (χ2v) is 13.1. The van der Waals surface area contributed by atoms with Gasteiger partial charge < -0.3 is 24.9 Å². The first kappa shape index (κ1) is 34.9. The van der Waals surface area contributed by atoms with Gasteiger partial charge in [0.05, 0.1) is 11.1 Å². The van der Waals surface area contributed by atoms with Crippen LogP contribution in [0, 0.1) is 0 Å². The first-order valence-electron chi connectivity index (χ1n) is 17.6. The van der Waals surface area contributed by atoms with E-state index >= 15 is 0 Å². The molecule has 5 amide bonds. The van der Waals surface area contributed by atoms with E-state index in [-0.39, 0.29) is 41.1 Å². The van der Waals surface area contributed by atoms with Crippen LogP contribution >= 0.6 is 0 Å². The quantitative estimate of drug-likeness (QED) is 0.0961. The number of fused-ring (bicyclic) bond motifs is 2. The Kier molecular flexibility index (Phi) is 9.89. The number of H-pyrrole nitrogens is 1. The molecule has 1 atom stereocenters. The maximum absolute atomic E-state index is 13.3. The highest BCUT2D eigenvalue weighted by Crippen LogP contribution is 2.37. The molecule has 1 unspecified atom stereocenters. The van der Waals surface area contributed by atoms with E-state index in [4.69, 9.17) is 4.74 Å². The minimum absolute atomic E-state index is 0.0607. The van der Waals surface area contributed by atoms with Gasteiger partial charge in [-0.1, -0.05) is 55.3 Å². The van der Waals surface area contributed by atoms with Crippen molar-refractivity contribution < 1.29 is 28.7 Å². The molecular formula is C40H38N6O7. The molecular weight excluding hydrogens is 676 g/mol. The third-order valence-electron chi connectivity index (χ3n) is 9.53. The van der Waals surface area contributed by atoms with Crippen LogP contribution in [0.1, 0.15) is 69.7 Å². The Labute approximate surface area is 304 Å². The van der Waals surface area contributed by atoms with E-state index in [0.717, 1.165) is 41.7 Å². The van der Waals surface area contributed by atoms with Crippen molar-refractivity contribution in [2.45, 2.75) is 44.6 Å². The van der Waals surface area contributed by atoms with Gasteiger partial charge in [0.25, 0.3) is 23.3 Å². The lowest BCUT2D eigenvalue weighted by atomic mass is 10.0. The zero-order valence-electron chi connectivity index (χ0n) is 29.1. The molecule has 2 aliphatic heterocycles. The molecule has 53 heavy (non-hydrogen) atoms. The molecule has 270 valence electrons. The lowest BCUT2D eigenvalue weighted by Crippen LogP contribution is -2.54. The average Bonchev–Trinajstić information content (AvgIpc) is 3.72. The number of benzene rings is 3. The van der Waals surface area contributed by atoms with Crippen molar-refractivity contribution in [1.29, 1.82) is 0 Å². The smallest absolute Gasteiger partial charge is 0.274 e. The fourth-order valence-electron chi connectivity index (χ4n) is 6.85. The number of carbonyl (C=O) groups excluding carboxylic acids is 5. The van der Waals surface area contributed by atoms with Gasteiger partial charge in [0, 0.05) is 55.0 Å². The Hall–Kier alpha value is -6.50. The SMILES string of the molecule is Cn1cc(-c2ccccc2Oc2ccccc2)c2cc(C(=O)NCCCCCCNc3cccc4c3C(=O)N(C3CCC(=O)NC3=O)C4=O)[nH]c2c1=O. The summed E-state index contributed by atoms with van der Waals surface area (Å²) in [6, 6.07) is 22.7. The minimum atomic E-state index is -1.02. The summed E-state index contributed by atoms with van der Waals surface area (Å²) in [4.78, 5) is 80.6. The van der Waals surface area contributed by atoms with Crippen LogP contribution < -0.4 is 26.2 Å². The van der Waals surface area contributed by atoms with Crippen LogP contribution in [0.5, 0.6) is 11.5 Å². The number of anilines is 1. The highest BCUT2D eigenvalue weighted by atomic mass is 16.5. The topological polar surface area (TPSA) is 172 Å². The minimum Gasteiger partial charge on any atom is -0.457 e. The van der Waals surface area contributed by atoms with E-state index in [0.29, 0.717) is 41.2 Å². The molecule has 1 fully saturated rings. The molecule has 2 aliphatic rings. The Bertz CT molecular complexity index is 2310. The van der Waals surface area contributed by atoms with Crippen molar-refractivity contribution in [3.63, 3.8) is 0 Å². The van der Waals surface area contributed by atoms with Crippen LogP contribution in [0.25, 0.3) is 22.0 Å². The highest BCUT2D eigenvalue weighted by Gasteiger charge is 2.45. The maximum atomic E-state index is 13.3. The average molecular weight is 715 g/mol. The van der Waals surface area contributed by atoms with E-state index in [1.807, 2.05) is 54.6 Å². The summed E-state index contributed by atoms with van der Waals surface area (Å²) in [5.41, 5.74) is 2.88. The monoisotopic (exact) mass is 714 g/mol. The number of imide groups is 2. The number of para-hydroxylation sites is 2. The van der Waals surface area contributed by atoms with E-state index in [2.05, 4.69) is 20.9 Å². The molecule has 0 radical (unpaired) electrons. The molecule has 13 nitrogen and oxygen atoms in total. The molecule has 4 heterocycles. The number of aromatic amines is 1. The molecule has 5 aromatic rings. The molecule has 13 heteroatoms. The zero-order chi connectivity index (χ0) is 37.1. The number of piperidine rings is 1. The zero-order valence-corrected chi connectivity index (χ0v) is 29.1. The molecule has 4 N–H and O–H groups in total. The molecule has 0 bridgehead atoms. The second kappa shape index (κ2) is 15.0. The lowest BCUT2D eigenvalue weighted by Gasteiger charge is -2.27. The van der Waals surface area contributed by atoms with Crippen LogP contribution in [-0.4, -0.2) is 63.1 Å². The van der Waals surface area contributed by atoms with Crippen molar-refractivity contribution in [3.8, 4) is 22.6 Å². The largest absolute Gasteiger partial charge is 0.457 e. The fraction of sp³-hybridized carbons (Fsp3) is 0.250. The number of nitrogens with one attached hydrogen (secondary N) is 4. The third kappa shape index (κ3) is 7.05. The number of carbonyl (C=O) groups is 5. The predicted molar refractivity (Wildman–Crippen MR) is 198 cm³/mol. The number of rotatable bonds is 13. The number of pyridine rings is 1. The molecule has 3 aromatic carbocycles. The van der Waals surface area contributed by atoms with E-state index < -0.39 is 29.7 Å². The molecule has 2 aromatic heterocycles. The first-order valence-corrected chi connectivity index (χ1v) is 17.6. The highest BCUT2D eigenvalue weighted by molar-refractivity contribution is 6.25. The van der Waals surface area contributed by atoms with Gasteiger partial charge in [-0.2, -0.15) is 0 Å². The van der Waals surface area contributed by atoms with Crippen LogP contribution in [0.3, 0.4) is 0 Å². The van der Waals surface area contributed by atoms with Crippen molar-refractivity contribution in [2.24, 2.45) is 7.05 Å². The van der Waals surface area contributed by atoms with Gasteiger partial charge in [0.1, 0.15) is 28.8 Å². The Morgan fingerprint density at radius 3 is 2.36 bits per heavy atom. The number of nitrogens with zero attached hydrogens (tertiary/aromatic N) is 2. The van der Waals surface area contributed by atoms with Crippen LogP contribution in [0.2, 0.25) is 0 Å². The summed E-state index contributed by atoms with van der Waals surface area (Å²) in [7, 11) is 1.67. The van der Waals surface area contributed by atoms with Gasteiger partial charge in [-0.05, 0) is 55.7 Å². The van der Waals surface area contributed by atoms with Crippen LogP contribution in [0.4, 0.5) is 5.69 Å².